The van der Waals surface area contributed by atoms with E-state index in [-0.39, 0.29) is 0 Å². The van der Waals surface area contributed by atoms with E-state index in [0.717, 1.165) is 25.7 Å². The normalized spacial score (nSPS) is 15.5. The van der Waals surface area contributed by atoms with Crippen LogP contribution in [0.2, 0.25) is 0 Å². The van der Waals surface area contributed by atoms with E-state index in [4.69, 9.17) is 4.74 Å². The highest BCUT2D eigenvalue weighted by atomic mass is 16.5. The maximum absolute atomic E-state index is 5.44. The van der Waals surface area contributed by atoms with Crippen molar-refractivity contribution in [1.82, 2.24) is 5.32 Å². The fourth-order valence-corrected chi connectivity index (χ4v) is 1.55. The molecule has 0 bridgehead atoms. The molecule has 1 saturated carbocycles. The summed E-state index contributed by atoms with van der Waals surface area (Å²) < 4.78 is 5.44. The highest BCUT2D eigenvalue weighted by Crippen LogP contribution is 2.18. The van der Waals surface area contributed by atoms with Crippen LogP contribution in [0.4, 0.5) is 0 Å². The lowest BCUT2D eigenvalue weighted by atomic mass is 10.2. The Morgan fingerprint density at radius 2 is 1.93 bits per heavy atom. The summed E-state index contributed by atoms with van der Waals surface area (Å²) in [5.41, 5.74) is 0. The summed E-state index contributed by atoms with van der Waals surface area (Å²) in [4.78, 5) is 0. The summed E-state index contributed by atoms with van der Waals surface area (Å²) in [6, 6.07) is 0.868. The zero-order valence-electron chi connectivity index (χ0n) is 9.84. The quantitative estimate of drug-likeness (QED) is 0.419. The van der Waals surface area contributed by atoms with Gasteiger partial charge in [0.05, 0.1) is 0 Å². The van der Waals surface area contributed by atoms with Gasteiger partial charge in [0.25, 0.3) is 0 Å². The molecule has 0 radical (unpaired) electrons. The number of unbranched alkanes of at least 4 members (excludes halogenated alkanes) is 3. The van der Waals surface area contributed by atoms with Crippen molar-refractivity contribution in [3.05, 3.63) is 12.7 Å². The smallest absolute Gasteiger partial charge is 0.0500 e. The zero-order chi connectivity index (χ0) is 10.8. The standard InChI is InChI=1S/C13H25NO/c1-2-3-11-15-12-7-5-4-6-10-14-13-8-9-13/h2,13-14H,1,3-12H2. The van der Waals surface area contributed by atoms with Gasteiger partial charge >= 0.3 is 0 Å². The van der Waals surface area contributed by atoms with Crippen LogP contribution in [0.3, 0.4) is 0 Å². The predicted octanol–water partition coefficient (Wildman–Crippen LogP) is 2.89. The highest BCUT2D eigenvalue weighted by molar-refractivity contribution is 4.80. The summed E-state index contributed by atoms with van der Waals surface area (Å²) >= 11 is 0. The third-order valence-electron chi connectivity index (χ3n) is 2.69. The summed E-state index contributed by atoms with van der Waals surface area (Å²) in [6.45, 7) is 6.63. The van der Waals surface area contributed by atoms with Gasteiger partial charge in [-0.05, 0) is 38.6 Å². The van der Waals surface area contributed by atoms with Crippen LogP contribution in [0.25, 0.3) is 0 Å². The van der Waals surface area contributed by atoms with Gasteiger partial charge in [0, 0.05) is 19.3 Å². The molecule has 0 unspecified atom stereocenters. The monoisotopic (exact) mass is 211 g/mol. The number of nitrogens with one attached hydrogen (secondary N) is 1. The van der Waals surface area contributed by atoms with Gasteiger partial charge in [-0.15, -0.1) is 6.58 Å². The van der Waals surface area contributed by atoms with E-state index in [1.54, 1.807) is 0 Å². The van der Waals surface area contributed by atoms with Crippen LogP contribution in [0.15, 0.2) is 12.7 Å². The Labute approximate surface area is 94.1 Å². The molecule has 0 aromatic heterocycles. The van der Waals surface area contributed by atoms with E-state index >= 15 is 0 Å². The first kappa shape index (κ1) is 12.7. The maximum Gasteiger partial charge on any atom is 0.0500 e. The molecule has 88 valence electrons. The van der Waals surface area contributed by atoms with Crippen LogP contribution in [0, 0.1) is 0 Å². The Bertz CT molecular complexity index is 155. The van der Waals surface area contributed by atoms with Crippen molar-refractivity contribution in [1.29, 1.82) is 0 Å². The second-order valence-electron chi connectivity index (χ2n) is 4.33. The van der Waals surface area contributed by atoms with Gasteiger partial charge in [-0.1, -0.05) is 18.9 Å². The Hall–Kier alpha value is -0.340. The van der Waals surface area contributed by atoms with Crippen LogP contribution >= 0.6 is 0 Å². The van der Waals surface area contributed by atoms with E-state index in [1.807, 2.05) is 6.08 Å². The van der Waals surface area contributed by atoms with Gasteiger partial charge < -0.3 is 10.1 Å². The largest absolute Gasteiger partial charge is 0.381 e. The molecule has 1 aliphatic carbocycles. The summed E-state index contributed by atoms with van der Waals surface area (Å²) in [5, 5.41) is 3.53. The minimum absolute atomic E-state index is 0.840. The molecule has 0 atom stereocenters. The maximum atomic E-state index is 5.44. The third-order valence-corrected chi connectivity index (χ3v) is 2.69. The van der Waals surface area contributed by atoms with Crippen molar-refractivity contribution in [2.45, 2.75) is 51.0 Å². The van der Waals surface area contributed by atoms with E-state index in [0.29, 0.717) is 0 Å². The topological polar surface area (TPSA) is 21.3 Å². The van der Waals surface area contributed by atoms with Crippen LogP contribution in [-0.2, 0) is 4.74 Å². The Morgan fingerprint density at radius 1 is 1.13 bits per heavy atom. The Balaban J connectivity index is 1.63. The number of hydrogen-bond acceptors (Lipinski definition) is 2. The van der Waals surface area contributed by atoms with Gasteiger partial charge in [0.1, 0.15) is 0 Å². The molecule has 1 aliphatic rings. The minimum Gasteiger partial charge on any atom is -0.381 e. The number of rotatable bonds is 11. The van der Waals surface area contributed by atoms with Crippen molar-refractivity contribution in [2.75, 3.05) is 19.8 Å². The first-order valence-corrected chi connectivity index (χ1v) is 6.35. The van der Waals surface area contributed by atoms with Gasteiger partial charge in [-0.2, -0.15) is 0 Å². The van der Waals surface area contributed by atoms with E-state index in [2.05, 4.69) is 11.9 Å². The van der Waals surface area contributed by atoms with Crippen molar-refractivity contribution in [3.63, 3.8) is 0 Å². The molecule has 15 heavy (non-hydrogen) atoms. The number of ether oxygens (including phenoxy) is 1. The van der Waals surface area contributed by atoms with Crippen LogP contribution in [-0.4, -0.2) is 25.8 Å². The predicted molar refractivity (Wildman–Crippen MR) is 65.1 cm³/mol. The van der Waals surface area contributed by atoms with Crippen LogP contribution in [0.5, 0.6) is 0 Å². The van der Waals surface area contributed by atoms with Gasteiger partial charge in [0.2, 0.25) is 0 Å². The molecule has 1 rings (SSSR count). The van der Waals surface area contributed by atoms with Gasteiger partial charge in [-0.25, -0.2) is 0 Å². The zero-order valence-corrected chi connectivity index (χ0v) is 9.84. The molecule has 0 aromatic carbocycles. The third kappa shape index (κ3) is 8.64. The molecule has 2 heteroatoms. The minimum atomic E-state index is 0.840. The second-order valence-corrected chi connectivity index (χ2v) is 4.33. The van der Waals surface area contributed by atoms with Crippen molar-refractivity contribution >= 4 is 0 Å². The molecule has 0 amide bonds. The van der Waals surface area contributed by atoms with E-state index in [1.165, 1.54) is 45.1 Å². The van der Waals surface area contributed by atoms with Gasteiger partial charge in [0.15, 0.2) is 0 Å². The van der Waals surface area contributed by atoms with Crippen molar-refractivity contribution < 1.29 is 4.74 Å². The molecule has 1 fully saturated rings. The first-order valence-electron chi connectivity index (χ1n) is 6.35. The van der Waals surface area contributed by atoms with Crippen LogP contribution < -0.4 is 5.32 Å². The molecular weight excluding hydrogens is 186 g/mol. The lowest BCUT2D eigenvalue weighted by Gasteiger charge is -2.03. The second kappa shape index (κ2) is 8.93. The van der Waals surface area contributed by atoms with Gasteiger partial charge in [-0.3, -0.25) is 0 Å². The SMILES string of the molecule is C=CCCOCCCCCCNC1CC1. The molecule has 0 heterocycles. The first-order chi connectivity index (χ1) is 7.43. The fraction of sp³-hybridized carbons (Fsp3) is 0.846. The Kier molecular flexibility index (Phi) is 7.58. The molecule has 2 nitrogen and oxygen atoms in total. The van der Waals surface area contributed by atoms with Crippen molar-refractivity contribution in [2.24, 2.45) is 0 Å². The lowest BCUT2D eigenvalue weighted by molar-refractivity contribution is 0.134. The molecule has 0 saturated heterocycles. The summed E-state index contributed by atoms with van der Waals surface area (Å²) in [7, 11) is 0. The summed E-state index contributed by atoms with van der Waals surface area (Å²) in [5.74, 6) is 0. The molecular formula is C13H25NO. The molecule has 1 N–H and O–H groups in total. The van der Waals surface area contributed by atoms with Crippen molar-refractivity contribution in [3.8, 4) is 0 Å². The van der Waals surface area contributed by atoms with Crippen LogP contribution in [0.1, 0.15) is 44.9 Å². The highest BCUT2D eigenvalue weighted by Gasteiger charge is 2.19. The molecule has 0 aromatic rings. The average Bonchev–Trinajstić information content (AvgIpc) is 3.05. The summed E-state index contributed by atoms with van der Waals surface area (Å²) in [6.07, 6.45) is 10.9. The fourth-order valence-electron chi connectivity index (χ4n) is 1.55. The molecule has 0 aliphatic heterocycles. The Morgan fingerprint density at radius 3 is 2.67 bits per heavy atom. The number of hydrogen-bond donors (Lipinski definition) is 1. The van der Waals surface area contributed by atoms with E-state index < -0.39 is 0 Å². The molecule has 0 spiro atoms. The van der Waals surface area contributed by atoms with E-state index in [9.17, 15) is 0 Å². The average molecular weight is 211 g/mol. The lowest BCUT2D eigenvalue weighted by Crippen LogP contribution is -2.17.